The van der Waals surface area contributed by atoms with E-state index in [1.807, 2.05) is 40.6 Å². The van der Waals surface area contributed by atoms with Gasteiger partial charge in [0.05, 0.1) is 27.2 Å². The molecule has 36 heavy (non-hydrogen) atoms. The number of halogens is 1. The Labute approximate surface area is 215 Å². The molecule has 8 heteroatoms. The van der Waals surface area contributed by atoms with E-state index in [1.54, 1.807) is 42.6 Å². The summed E-state index contributed by atoms with van der Waals surface area (Å²) in [5.74, 6) is 0.792. The van der Waals surface area contributed by atoms with E-state index < -0.39 is 0 Å². The molecule has 1 aromatic heterocycles. The molecule has 0 N–H and O–H groups in total. The lowest BCUT2D eigenvalue weighted by molar-refractivity contribution is -0.141. The van der Waals surface area contributed by atoms with Crippen molar-refractivity contribution in [2.75, 3.05) is 27.3 Å². The number of thiophene rings is 1. The first-order chi connectivity index (χ1) is 17.5. The molecule has 0 aliphatic heterocycles. The molecular weight excluding hydrogens is 479 g/mol. The van der Waals surface area contributed by atoms with Gasteiger partial charge in [0.1, 0.15) is 12.4 Å². The second kappa shape index (κ2) is 12.0. The number of hydrogen-bond donors (Lipinski definition) is 0. The first-order valence-corrected chi connectivity index (χ1v) is 12.9. The number of carbonyl (C=O) groups is 2. The van der Waals surface area contributed by atoms with E-state index >= 15 is 0 Å². The molecule has 1 saturated carbocycles. The zero-order valence-electron chi connectivity index (χ0n) is 20.6. The standard InChI is InChI=1S/C28H31FN2O4S/c1-34-25-12-7-21(16-26(25)35-2)13-14-30(18-24-4-3-15-36-24)28(33)19-31(23-10-11-23)27(32)17-20-5-8-22(29)9-6-20/h3-9,12,15-16,23H,10-11,13-14,17-19H2,1-2H3. The molecule has 6 nitrogen and oxygen atoms in total. The van der Waals surface area contributed by atoms with Gasteiger partial charge in [-0.1, -0.05) is 24.3 Å². The first kappa shape index (κ1) is 25.7. The zero-order chi connectivity index (χ0) is 25.5. The second-order valence-electron chi connectivity index (χ2n) is 8.89. The number of carbonyl (C=O) groups excluding carboxylic acids is 2. The van der Waals surface area contributed by atoms with Crippen molar-refractivity contribution in [1.82, 2.24) is 9.80 Å². The summed E-state index contributed by atoms with van der Waals surface area (Å²) >= 11 is 1.61. The van der Waals surface area contributed by atoms with Gasteiger partial charge in [-0.25, -0.2) is 4.39 Å². The lowest BCUT2D eigenvalue weighted by Gasteiger charge is -2.28. The molecule has 1 heterocycles. The lowest BCUT2D eigenvalue weighted by Crippen LogP contribution is -2.44. The molecule has 2 amide bonds. The average Bonchev–Trinajstić information content (AvgIpc) is 3.60. The van der Waals surface area contributed by atoms with Gasteiger partial charge in [0.15, 0.2) is 11.5 Å². The highest BCUT2D eigenvalue weighted by atomic mass is 32.1. The minimum absolute atomic E-state index is 0.0437. The second-order valence-corrected chi connectivity index (χ2v) is 9.92. The van der Waals surface area contributed by atoms with Gasteiger partial charge >= 0.3 is 0 Å². The van der Waals surface area contributed by atoms with E-state index in [0.29, 0.717) is 31.0 Å². The molecule has 0 bridgehead atoms. The van der Waals surface area contributed by atoms with E-state index in [0.717, 1.165) is 28.8 Å². The van der Waals surface area contributed by atoms with E-state index in [-0.39, 0.29) is 36.6 Å². The maximum atomic E-state index is 13.5. The molecule has 2 aromatic carbocycles. The summed E-state index contributed by atoms with van der Waals surface area (Å²) in [7, 11) is 3.20. The first-order valence-electron chi connectivity index (χ1n) is 12.0. The molecule has 1 aliphatic carbocycles. The fourth-order valence-electron chi connectivity index (χ4n) is 4.11. The normalized spacial score (nSPS) is 12.8. The van der Waals surface area contributed by atoms with Crippen molar-refractivity contribution in [1.29, 1.82) is 0 Å². The summed E-state index contributed by atoms with van der Waals surface area (Å²) < 4.78 is 24.0. The Bertz CT molecular complexity index is 1160. The third-order valence-electron chi connectivity index (χ3n) is 6.28. The number of hydrogen-bond acceptors (Lipinski definition) is 5. The van der Waals surface area contributed by atoms with Crippen LogP contribution in [0.5, 0.6) is 11.5 Å². The SMILES string of the molecule is COc1ccc(CCN(Cc2cccs2)C(=O)CN(C(=O)Cc2ccc(F)cc2)C2CC2)cc1OC. The van der Waals surface area contributed by atoms with Crippen LogP contribution in [-0.4, -0.2) is 55.0 Å². The molecule has 0 unspecified atom stereocenters. The Kier molecular flexibility index (Phi) is 8.59. The molecule has 0 spiro atoms. The third kappa shape index (κ3) is 6.85. The fraction of sp³-hybridized carbons (Fsp3) is 0.357. The van der Waals surface area contributed by atoms with Gasteiger partial charge in [-0.15, -0.1) is 11.3 Å². The van der Waals surface area contributed by atoms with Crippen molar-refractivity contribution < 1.29 is 23.5 Å². The fourth-order valence-corrected chi connectivity index (χ4v) is 4.83. The number of ether oxygens (including phenoxy) is 2. The number of rotatable bonds is 12. The molecule has 3 aromatic rings. The third-order valence-corrected chi connectivity index (χ3v) is 7.14. The van der Waals surface area contributed by atoms with Crippen LogP contribution in [0.15, 0.2) is 60.0 Å². The van der Waals surface area contributed by atoms with Crippen molar-refractivity contribution in [2.24, 2.45) is 0 Å². The van der Waals surface area contributed by atoms with Crippen molar-refractivity contribution in [3.63, 3.8) is 0 Å². The van der Waals surface area contributed by atoms with Crippen LogP contribution in [0.3, 0.4) is 0 Å². The molecular formula is C28H31FN2O4S. The van der Waals surface area contributed by atoms with Crippen LogP contribution in [0.25, 0.3) is 0 Å². The highest BCUT2D eigenvalue weighted by molar-refractivity contribution is 7.09. The number of benzene rings is 2. The summed E-state index contributed by atoms with van der Waals surface area (Å²) in [5.41, 5.74) is 1.77. The van der Waals surface area contributed by atoms with E-state index in [2.05, 4.69) is 0 Å². The maximum Gasteiger partial charge on any atom is 0.242 e. The van der Waals surface area contributed by atoms with Crippen molar-refractivity contribution in [2.45, 2.75) is 38.3 Å². The van der Waals surface area contributed by atoms with Gasteiger partial charge in [0.2, 0.25) is 11.8 Å². The zero-order valence-corrected chi connectivity index (χ0v) is 21.4. The largest absolute Gasteiger partial charge is 0.493 e. The molecule has 1 fully saturated rings. The Hall–Kier alpha value is -3.39. The summed E-state index contributed by atoms with van der Waals surface area (Å²) in [6, 6.07) is 15.8. The highest BCUT2D eigenvalue weighted by Gasteiger charge is 2.34. The average molecular weight is 511 g/mol. The van der Waals surface area contributed by atoms with Crippen molar-refractivity contribution in [3.05, 3.63) is 81.8 Å². The van der Waals surface area contributed by atoms with E-state index in [4.69, 9.17) is 9.47 Å². The van der Waals surface area contributed by atoms with Gasteiger partial charge in [-0.3, -0.25) is 9.59 Å². The molecule has 0 saturated heterocycles. The van der Waals surface area contributed by atoms with E-state index in [1.165, 1.54) is 12.1 Å². The number of amides is 2. The van der Waals surface area contributed by atoms with Crippen LogP contribution >= 0.6 is 11.3 Å². The van der Waals surface area contributed by atoms with E-state index in [9.17, 15) is 14.0 Å². The van der Waals surface area contributed by atoms with Crippen molar-refractivity contribution >= 4 is 23.2 Å². The summed E-state index contributed by atoms with van der Waals surface area (Å²) in [4.78, 5) is 31.2. The minimum atomic E-state index is -0.334. The topological polar surface area (TPSA) is 59.1 Å². The lowest BCUT2D eigenvalue weighted by atomic mass is 10.1. The predicted molar refractivity (Wildman–Crippen MR) is 138 cm³/mol. The predicted octanol–water partition coefficient (Wildman–Crippen LogP) is 4.71. The van der Waals surface area contributed by atoms with Crippen LogP contribution in [0.2, 0.25) is 0 Å². The van der Waals surface area contributed by atoms with Crippen LogP contribution in [0.1, 0.15) is 28.8 Å². The maximum absolute atomic E-state index is 13.5. The Balaban J connectivity index is 1.45. The Morgan fingerprint density at radius 2 is 1.69 bits per heavy atom. The van der Waals surface area contributed by atoms with Gasteiger partial charge in [-0.2, -0.15) is 0 Å². The molecule has 1 aliphatic rings. The van der Waals surface area contributed by atoms with Gasteiger partial charge < -0.3 is 19.3 Å². The molecule has 190 valence electrons. The quantitative estimate of drug-likeness (QED) is 0.354. The Morgan fingerprint density at radius 3 is 2.33 bits per heavy atom. The molecule has 0 atom stereocenters. The minimum Gasteiger partial charge on any atom is -0.493 e. The van der Waals surface area contributed by atoms with Crippen LogP contribution in [0.4, 0.5) is 4.39 Å². The number of methoxy groups -OCH3 is 2. The summed E-state index contributed by atoms with van der Waals surface area (Å²) in [6.07, 6.45) is 2.60. The highest BCUT2D eigenvalue weighted by Crippen LogP contribution is 2.29. The molecule has 0 radical (unpaired) electrons. The van der Waals surface area contributed by atoms with Gasteiger partial charge in [0, 0.05) is 17.5 Å². The van der Waals surface area contributed by atoms with Crippen LogP contribution in [-0.2, 0) is 29.0 Å². The summed E-state index contributed by atoms with van der Waals surface area (Å²) in [5, 5.41) is 2.00. The van der Waals surface area contributed by atoms with Gasteiger partial charge in [0.25, 0.3) is 0 Å². The summed E-state index contributed by atoms with van der Waals surface area (Å²) in [6.45, 7) is 1.05. The molecule has 4 rings (SSSR count). The van der Waals surface area contributed by atoms with Crippen LogP contribution < -0.4 is 9.47 Å². The smallest absolute Gasteiger partial charge is 0.242 e. The number of nitrogens with zero attached hydrogens (tertiary/aromatic N) is 2. The monoisotopic (exact) mass is 510 g/mol. The van der Waals surface area contributed by atoms with Crippen LogP contribution in [0, 0.1) is 5.82 Å². The van der Waals surface area contributed by atoms with Crippen molar-refractivity contribution in [3.8, 4) is 11.5 Å². The van der Waals surface area contributed by atoms with Gasteiger partial charge in [-0.05, 0) is 66.1 Å². The Morgan fingerprint density at radius 1 is 0.972 bits per heavy atom.